The van der Waals surface area contributed by atoms with Gasteiger partial charge in [0.1, 0.15) is 5.82 Å². The highest BCUT2D eigenvalue weighted by Crippen LogP contribution is 2.25. The summed E-state index contributed by atoms with van der Waals surface area (Å²) < 4.78 is 2.03. The largest absolute Gasteiger partial charge is 0.391 e. The van der Waals surface area contributed by atoms with E-state index in [0.29, 0.717) is 0 Å². The van der Waals surface area contributed by atoms with Crippen molar-refractivity contribution in [3.05, 3.63) is 18.2 Å². The highest BCUT2D eigenvalue weighted by atomic mass is 16.3. The molecule has 4 heteroatoms. The van der Waals surface area contributed by atoms with Crippen molar-refractivity contribution in [3.8, 4) is 0 Å². The van der Waals surface area contributed by atoms with E-state index in [4.69, 9.17) is 0 Å². The third-order valence-corrected chi connectivity index (χ3v) is 4.80. The van der Waals surface area contributed by atoms with Crippen LogP contribution in [0.3, 0.4) is 0 Å². The zero-order chi connectivity index (χ0) is 14.6. The van der Waals surface area contributed by atoms with Crippen molar-refractivity contribution in [3.63, 3.8) is 0 Å². The van der Waals surface area contributed by atoms with E-state index in [2.05, 4.69) is 23.7 Å². The maximum Gasteiger partial charge on any atom is 0.108 e. The summed E-state index contributed by atoms with van der Waals surface area (Å²) in [6.07, 6.45) is 10.3. The average Bonchev–Trinajstić information content (AvgIpc) is 2.68. The lowest BCUT2D eigenvalue weighted by Gasteiger charge is -2.41. The van der Waals surface area contributed by atoms with Crippen molar-refractivity contribution in [2.75, 3.05) is 13.1 Å². The fourth-order valence-electron chi connectivity index (χ4n) is 3.11. The van der Waals surface area contributed by atoms with E-state index in [1.807, 2.05) is 24.0 Å². The van der Waals surface area contributed by atoms with Gasteiger partial charge in [-0.1, -0.05) is 12.8 Å². The molecule has 4 nitrogen and oxygen atoms in total. The summed E-state index contributed by atoms with van der Waals surface area (Å²) in [7, 11) is 2.01. The summed E-state index contributed by atoms with van der Waals surface area (Å²) in [4.78, 5) is 6.81. The van der Waals surface area contributed by atoms with Crippen LogP contribution >= 0.6 is 0 Å². The molecular formula is C16H29N3O. The van der Waals surface area contributed by atoms with Crippen LogP contribution in [0.4, 0.5) is 0 Å². The van der Waals surface area contributed by atoms with Gasteiger partial charge in [-0.25, -0.2) is 4.98 Å². The normalized spacial score (nSPS) is 19.8. The first-order valence-electron chi connectivity index (χ1n) is 7.91. The molecule has 1 aliphatic rings. The van der Waals surface area contributed by atoms with Crippen LogP contribution < -0.4 is 0 Å². The van der Waals surface area contributed by atoms with E-state index in [0.717, 1.165) is 31.8 Å². The molecule has 2 heterocycles. The summed E-state index contributed by atoms with van der Waals surface area (Å²) in [5.74, 6) is 1.05. The van der Waals surface area contributed by atoms with Gasteiger partial charge in [0.25, 0.3) is 0 Å². The highest BCUT2D eigenvalue weighted by molar-refractivity contribution is 4.95. The summed E-state index contributed by atoms with van der Waals surface area (Å²) in [5.41, 5.74) is -0.143. The molecule has 1 N–H and O–H groups in total. The lowest BCUT2D eigenvalue weighted by atomic mass is 9.91. The fourth-order valence-corrected chi connectivity index (χ4v) is 3.11. The van der Waals surface area contributed by atoms with Crippen molar-refractivity contribution < 1.29 is 5.11 Å². The zero-order valence-electron chi connectivity index (χ0n) is 13.2. The van der Waals surface area contributed by atoms with Gasteiger partial charge in [0.2, 0.25) is 0 Å². The van der Waals surface area contributed by atoms with E-state index in [1.165, 1.54) is 25.7 Å². The Morgan fingerprint density at radius 2 is 1.90 bits per heavy atom. The van der Waals surface area contributed by atoms with E-state index in [1.54, 1.807) is 0 Å². The molecule has 0 amide bonds. The Hall–Kier alpha value is -0.870. The molecule has 1 atom stereocenters. The Kier molecular flexibility index (Phi) is 5.22. The minimum Gasteiger partial charge on any atom is -0.391 e. The second-order valence-electron chi connectivity index (χ2n) is 6.56. The van der Waals surface area contributed by atoms with Gasteiger partial charge < -0.3 is 9.67 Å². The number of nitrogens with zero attached hydrogens (tertiary/aromatic N) is 3. The number of hydrogen-bond acceptors (Lipinski definition) is 3. The van der Waals surface area contributed by atoms with Crippen LogP contribution in [0.2, 0.25) is 0 Å². The summed E-state index contributed by atoms with van der Waals surface area (Å²) >= 11 is 0. The lowest BCUT2D eigenvalue weighted by molar-refractivity contribution is -0.0127. The van der Waals surface area contributed by atoms with Gasteiger partial charge in [-0.05, 0) is 46.2 Å². The van der Waals surface area contributed by atoms with Gasteiger partial charge >= 0.3 is 0 Å². The van der Waals surface area contributed by atoms with Gasteiger partial charge in [0.15, 0.2) is 0 Å². The van der Waals surface area contributed by atoms with Crippen LogP contribution in [-0.4, -0.2) is 44.3 Å². The number of rotatable bonds is 5. The monoisotopic (exact) mass is 279 g/mol. The quantitative estimate of drug-likeness (QED) is 0.899. The Labute approximate surface area is 122 Å². The predicted molar refractivity (Wildman–Crippen MR) is 81.7 cm³/mol. The van der Waals surface area contributed by atoms with E-state index in [-0.39, 0.29) is 11.6 Å². The number of aliphatic hydroxyl groups is 1. The Bertz CT molecular complexity index is 406. The summed E-state index contributed by atoms with van der Waals surface area (Å²) in [5, 5.41) is 10.6. The smallest absolute Gasteiger partial charge is 0.108 e. The van der Waals surface area contributed by atoms with Gasteiger partial charge in [-0.2, -0.15) is 0 Å². The van der Waals surface area contributed by atoms with Gasteiger partial charge in [0, 0.05) is 31.4 Å². The van der Waals surface area contributed by atoms with Crippen molar-refractivity contribution in [2.24, 2.45) is 7.05 Å². The first kappa shape index (κ1) is 15.5. The summed E-state index contributed by atoms with van der Waals surface area (Å²) in [6.45, 7) is 6.60. The van der Waals surface area contributed by atoms with Gasteiger partial charge in [-0.15, -0.1) is 0 Å². The lowest BCUT2D eigenvalue weighted by Crippen LogP contribution is -2.52. The van der Waals surface area contributed by atoms with Gasteiger partial charge in [0.05, 0.1) is 6.10 Å². The molecule has 0 aliphatic carbocycles. The predicted octanol–water partition coefficient (Wildman–Crippen LogP) is 2.37. The Morgan fingerprint density at radius 1 is 1.25 bits per heavy atom. The Morgan fingerprint density at radius 3 is 2.45 bits per heavy atom. The molecule has 0 spiro atoms. The number of aromatic nitrogens is 2. The molecule has 1 unspecified atom stereocenters. The highest BCUT2D eigenvalue weighted by Gasteiger charge is 2.34. The molecule has 1 aromatic heterocycles. The third kappa shape index (κ3) is 3.61. The number of aliphatic hydroxyl groups excluding tert-OH is 1. The molecule has 0 saturated carbocycles. The van der Waals surface area contributed by atoms with E-state index in [9.17, 15) is 5.11 Å². The first-order valence-corrected chi connectivity index (χ1v) is 7.91. The topological polar surface area (TPSA) is 41.3 Å². The van der Waals surface area contributed by atoms with Crippen molar-refractivity contribution in [1.29, 1.82) is 0 Å². The zero-order valence-corrected chi connectivity index (χ0v) is 13.2. The SMILES string of the molecule is Cn1ccnc1CCC(O)C(C)(C)N1CCCCCC1. The molecule has 0 radical (unpaired) electrons. The standard InChI is InChI=1S/C16H29N3O/c1-16(2,19-11-6-4-5-7-12-19)14(20)8-9-15-17-10-13-18(15)3/h10,13-14,20H,4-9,11-12H2,1-3H3. The van der Waals surface area contributed by atoms with Crippen LogP contribution in [0, 0.1) is 0 Å². The second kappa shape index (κ2) is 6.72. The molecule has 1 aliphatic heterocycles. The van der Waals surface area contributed by atoms with Crippen molar-refractivity contribution in [1.82, 2.24) is 14.5 Å². The van der Waals surface area contributed by atoms with Crippen molar-refractivity contribution >= 4 is 0 Å². The van der Waals surface area contributed by atoms with Crippen LogP contribution in [-0.2, 0) is 13.5 Å². The number of imidazole rings is 1. The molecule has 1 saturated heterocycles. The van der Waals surface area contributed by atoms with Crippen LogP contribution in [0.5, 0.6) is 0 Å². The first-order chi connectivity index (χ1) is 9.51. The van der Waals surface area contributed by atoms with Gasteiger partial charge in [-0.3, -0.25) is 4.90 Å². The number of likely N-dealkylation sites (tertiary alicyclic amines) is 1. The minimum atomic E-state index is -0.308. The molecule has 0 aromatic carbocycles. The minimum absolute atomic E-state index is 0.143. The number of aryl methyl sites for hydroxylation is 2. The maximum absolute atomic E-state index is 10.6. The fraction of sp³-hybridized carbons (Fsp3) is 0.812. The molecular weight excluding hydrogens is 250 g/mol. The number of hydrogen-bond donors (Lipinski definition) is 1. The third-order valence-electron chi connectivity index (χ3n) is 4.80. The maximum atomic E-state index is 10.6. The van der Waals surface area contributed by atoms with Crippen LogP contribution in [0.25, 0.3) is 0 Å². The van der Waals surface area contributed by atoms with Crippen LogP contribution in [0.15, 0.2) is 12.4 Å². The molecule has 1 fully saturated rings. The van der Waals surface area contributed by atoms with E-state index >= 15 is 0 Å². The molecule has 2 rings (SSSR count). The van der Waals surface area contributed by atoms with E-state index < -0.39 is 0 Å². The van der Waals surface area contributed by atoms with Crippen LogP contribution in [0.1, 0.15) is 51.8 Å². The molecule has 0 bridgehead atoms. The van der Waals surface area contributed by atoms with Crippen molar-refractivity contribution in [2.45, 2.75) is 64.0 Å². The second-order valence-corrected chi connectivity index (χ2v) is 6.56. The Balaban J connectivity index is 1.92. The average molecular weight is 279 g/mol. The molecule has 114 valence electrons. The molecule has 20 heavy (non-hydrogen) atoms. The summed E-state index contributed by atoms with van der Waals surface area (Å²) in [6, 6.07) is 0. The molecule has 1 aromatic rings.